The fraction of sp³-hybridized carbons (Fsp3) is 0.625. The van der Waals surface area contributed by atoms with Crippen molar-refractivity contribution in [3.63, 3.8) is 0 Å². The smallest absolute Gasteiger partial charge is 0.0207 e. The standard InChI is InChI=1S/C16H22BrN/c1-2-18-11-16(9-13-7-14(13)10-16)8-12-5-3-4-6-15(12)17/h3-6,13-14,18H,2,7-11H2,1H3. The SMILES string of the molecule is CCNCC1(Cc2ccccc2Br)CC2CC2C1. The van der Waals surface area contributed by atoms with Crippen LogP contribution in [-0.4, -0.2) is 13.1 Å². The van der Waals surface area contributed by atoms with E-state index in [1.165, 1.54) is 42.3 Å². The second-order valence-corrected chi connectivity index (χ2v) is 7.07. The zero-order chi connectivity index (χ0) is 12.6. The molecule has 2 aliphatic rings. The lowest BCUT2D eigenvalue weighted by atomic mass is 9.77. The van der Waals surface area contributed by atoms with Gasteiger partial charge in [0.2, 0.25) is 0 Å². The van der Waals surface area contributed by atoms with Crippen molar-refractivity contribution in [1.82, 2.24) is 5.32 Å². The highest BCUT2D eigenvalue weighted by Crippen LogP contribution is 2.60. The van der Waals surface area contributed by atoms with Crippen LogP contribution in [0.15, 0.2) is 28.7 Å². The quantitative estimate of drug-likeness (QED) is 0.866. The minimum Gasteiger partial charge on any atom is -0.316 e. The molecule has 18 heavy (non-hydrogen) atoms. The average Bonchev–Trinajstić information content (AvgIpc) is 2.98. The van der Waals surface area contributed by atoms with Gasteiger partial charge in [-0.15, -0.1) is 0 Å². The Balaban J connectivity index is 1.75. The Bertz CT molecular complexity index is 419. The van der Waals surface area contributed by atoms with Crippen molar-refractivity contribution < 1.29 is 0 Å². The van der Waals surface area contributed by atoms with E-state index in [2.05, 4.69) is 52.4 Å². The van der Waals surface area contributed by atoms with Gasteiger partial charge in [-0.2, -0.15) is 0 Å². The first-order valence-corrected chi connectivity index (χ1v) is 7.96. The van der Waals surface area contributed by atoms with Crippen LogP contribution in [0.4, 0.5) is 0 Å². The molecule has 2 atom stereocenters. The van der Waals surface area contributed by atoms with Gasteiger partial charge in [-0.05, 0) is 61.1 Å². The predicted molar refractivity (Wildman–Crippen MR) is 79.7 cm³/mol. The number of nitrogens with one attached hydrogen (secondary N) is 1. The van der Waals surface area contributed by atoms with Crippen LogP contribution in [0.3, 0.4) is 0 Å². The third-order valence-corrected chi connectivity index (χ3v) is 5.51. The molecule has 98 valence electrons. The molecule has 1 aromatic rings. The van der Waals surface area contributed by atoms with Crippen LogP contribution >= 0.6 is 15.9 Å². The van der Waals surface area contributed by atoms with Gasteiger partial charge in [0.05, 0.1) is 0 Å². The van der Waals surface area contributed by atoms with Gasteiger partial charge in [0.1, 0.15) is 0 Å². The van der Waals surface area contributed by atoms with Crippen LogP contribution in [0, 0.1) is 17.3 Å². The lowest BCUT2D eigenvalue weighted by molar-refractivity contribution is 0.250. The molecule has 2 aliphatic carbocycles. The molecule has 1 nitrogen and oxygen atoms in total. The van der Waals surface area contributed by atoms with Crippen LogP contribution in [-0.2, 0) is 6.42 Å². The molecular formula is C16H22BrN. The molecule has 1 N–H and O–H groups in total. The molecule has 0 amide bonds. The van der Waals surface area contributed by atoms with Crippen LogP contribution in [0.5, 0.6) is 0 Å². The molecule has 2 unspecified atom stereocenters. The molecule has 0 heterocycles. The Kier molecular flexibility index (Phi) is 3.50. The summed E-state index contributed by atoms with van der Waals surface area (Å²) in [5.41, 5.74) is 2.00. The van der Waals surface area contributed by atoms with E-state index in [-0.39, 0.29) is 0 Å². The highest BCUT2D eigenvalue weighted by atomic mass is 79.9. The van der Waals surface area contributed by atoms with Crippen molar-refractivity contribution in [3.05, 3.63) is 34.3 Å². The number of hydrogen-bond donors (Lipinski definition) is 1. The van der Waals surface area contributed by atoms with E-state index in [1.54, 1.807) is 0 Å². The molecular weight excluding hydrogens is 286 g/mol. The van der Waals surface area contributed by atoms with Crippen LogP contribution in [0.1, 0.15) is 31.7 Å². The van der Waals surface area contributed by atoms with E-state index in [4.69, 9.17) is 0 Å². The Labute approximate surface area is 118 Å². The Morgan fingerprint density at radius 2 is 2.00 bits per heavy atom. The van der Waals surface area contributed by atoms with Crippen molar-refractivity contribution in [2.45, 2.75) is 32.6 Å². The summed E-state index contributed by atoms with van der Waals surface area (Å²) >= 11 is 3.70. The number of hydrogen-bond acceptors (Lipinski definition) is 1. The molecule has 3 rings (SSSR count). The van der Waals surface area contributed by atoms with E-state index in [0.717, 1.165) is 18.4 Å². The topological polar surface area (TPSA) is 12.0 Å². The Morgan fingerprint density at radius 3 is 2.67 bits per heavy atom. The van der Waals surface area contributed by atoms with Gasteiger partial charge in [-0.25, -0.2) is 0 Å². The minimum atomic E-state index is 0.521. The molecule has 0 spiro atoms. The number of fused-ring (bicyclic) bond motifs is 1. The van der Waals surface area contributed by atoms with E-state index in [9.17, 15) is 0 Å². The Hall–Kier alpha value is -0.340. The van der Waals surface area contributed by atoms with E-state index in [1.807, 2.05) is 0 Å². The first-order chi connectivity index (χ1) is 8.72. The van der Waals surface area contributed by atoms with Crippen LogP contribution in [0.25, 0.3) is 0 Å². The zero-order valence-electron chi connectivity index (χ0n) is 11.1. The van der Waals surface area contributed by atoms with Gasteiger partial charge in [0.15, 0.2) is 0 Å². The number of halogens is 1. The molecule has 1 aromatic carbocycles. The van der Waals surface area contributed by atoms with Crippen molar-refractivity contribution in [3.8, 4) is 0 Å². The largest absolute Gasteiger partial charge is 0.316 e. The normalized spacial score (nSPS) is 33.4. The van der Waals surface area contributed by atoms with Gasteiger partial charge in [-0.3, -0.25) is 0 Å². The lowest BCUT2D eigenvalue weighted by Crippen LogP contribution is -2.35. The molecule has 0 radical (unpaired) electrons. The van der Waals surface area contributed by atoms with E-state index >= 15 is 0 Å². The van der Waals surface area contributed by atoms with Crippen molar-refractivity contribution >= 4 is 15.9 Å². The summed E-state index contributed by atoms with van der Waals surface area (Å²) in [6, 6.07) is 8.72. The van der Waals surface area contributed by atoms with Gasteiger partial charge in [0, 0.05) is 11.0 Å². The molecule has 2 fully saturated rings. The second kappa shape index (κ2) is 4.97. The van der Waals surface area contributed by atoms with Gasteiger partial charge >= 0.3 is 0 Å². The van der Waals surface area contributed by atoms with E-state index in [0.29, 0.717) is 5.41 Å². The first kappa shape index (κ1) is 12.7. The predicted octanol–water partition coefficient (Wildman–Crippen LogP) is 4.02. The lowest BCUT2D eigenvalue weighted by Gasteiger charge is -2.32. The third kappa shape index (κ3) is 2.50. The van der Waals surface area contributed by atoms with Gasteiger partial charge in [0.25, 0.3) is 0 Å². The maximum absolute atomic E-state index is 3.70. The summed E-state index contributed by atoms with van der Waals surface area (Å²) in [6.45, 7) is 4.49. The monoisotopic (exact) mass is 307 g/mol. The fourth-order valence-electron chi connectivity index (χ4n) is 3.79. The maximum atomic E-state index is 3.70. The van der Waals surface area contributed by atoms with Crippen LogP contribution < -0.4 is 5.32 Å². The molecule has 2 heteroatoms. The highest BCUT2D eigenvalue weighted by Gasteiger charge is 2.53. The Morgan fingerprint density at radius 1 is 1.28 bits per heavy atom. The van der Waals surface area contributed by atoms with Gasteiger partial charge in [-0.1, -0.05) is 41.1 Å². The summed E-state index contributed by atoms with van der Waals surface area (Å²) in [6.07, 6.45) is 5.61. The average molecular weight is 308 g/mol. The molecule has 2 saturated carbocycles. The number of rotatable bonds is 5. The molecule has 0 saturated heterocycles. The second-order valence-electron chi connectivity index (χ2n) is 6.21. The summed E-state index contributed by atoms with van der Waals surface area (Å²) in [5.74, 6) is 2.09. The fourth-order valence-corrected chi connectivity index (χ4v) is 4.22. The molecule has 0 aromatic heterocycles. The number of benzene rings is 1. The molecule has 0 aliphatic heterocycles. The van der Waals surface area contributed by atoms with Crippen molar-refractivity contribution in [2.75, 3.05) is 13.1 Å². The summed E-state index contributed by atoms with van der Waals surface area (Å²) in [4.78, 5) is 0. The maximum Gasteiger partial charge on any atom is 0.0207 e. The summed E-state index contributed by atoms with van der Waals surface area (Å²) in [7, 11) is 0. The minimum absolute atomic E-state index is 0.521. The summed E-state index contributed by atoms with van der Waals surface area (Å²) < 4.78 is 1.28. The van der Waals surface area contributed by atoms with E-state index < -0.39 is 0 Å². The van der Waals surface area contributed by atoms with Crippen LogP contribution in [0.2, 0.25) is 0 Å². The first-order valence-electron chi connectivity index (χ1n) is 7.16. The van der Waals surface area contributed by atoms with Crippen molar-refractivity contribution in [2.24, 2.45) is 17.3 Å². The zero-order valence-corrected chi connectivity index (χ0v) is 12.7. The van der Waals surface area contributed by atoms with Crippen molar-refractivity contribution in [1.29, 1.82) is 0 Å². The van der Waals surface area contributed by atoms with Gasteiger partial charge < -0.3 is 5.32 Å². The highest BCUT2D eigenvalue weighted by molar-refractivity contribution is 9.10. The third-order valence-electron chi connectivity index (χ3n) is 4.73. The molecule has 0 bridgehead atoms. The summed E-state index contributed by atoms with van der Waals surface area (Å²) in [5, 5.41) is 3.60.